The van der Waals surface area contributed by atoms with E-state index in [2.05, 4.69) is 15.4 Å². The molecule has 12 heavy (non-hydrogen) atoms. The third-order valence-corrected chi connectivity index (χ3v) is 2.58. The Morgan fingerprint density at radius 2 is 2.25 bits per heavy atom. The summed E-state index contributed by atoms with van der Waals surface area (Å²) in [6, 6.07) is -0.466. The standard InChI is InChI=1S/C7H13NO3S/c1-4-7(2)8-12(9,10)6-5-11-3/h1,7-8H,5-6H2,2-3H3. The maximum atomic E-state index is 11.1. The van der Waals surface area contributed by atoms with Gasteiger partial charge in [0.25, 0.3) is 0 Å². The number of nitrogens with one attached hydrogen (secondary N) is 1. The van der Waals surface area contributed by atoms with E-state index in [4.69, 9.17) is 6.42 Å². The number of terminal acetylenes is 1. The molecule has 0 bridgehead atoms. The van der Waals surface area contributed by atoms with Crippen LogP contribution in [0.3, 0.4) is 0 Å². The van der Waals surface area contributed by atoms with Crippen LogP contribution >= 0.6 is 0 Å². The van der Waals surface area contributed by atoms with Crippen molar-refractivity contribution in [2.45, 2.75) is 13.0 Å². The van der Waals surface area contributed by atoms with Crippen LogP contribution in [0.1, 0.15) is 6.92 Å². The predicted octanol–water partition coefficient (Wildman–Crippen LogP) is -0.426. The lowest BCUT2D eigenvalue weighted by Crippen LogP contribution is -2.34. The van der Waals surface area contributed by atoms with Crippen molar-refractivity contribution in [2.24, 2.45) is 0 Å². The third kappa shape index (κ3) is 5.13. The van der Waals surface area contributed by atoms with E-state index in [1.54, 1.807) is 6.92 Å². The summed E-state index contributed by atoms with van der Waals surface area (Å²) in [5, 5.41) is 0. The fraction of sp³-hybridized carbons (Fsp3) is 0.714. The molecule has 0 fully saturated rings. The number of hydrogen-bond donors (Lipinski definition) is 1. The van der Waals surface area contributed by atoms with E-state index in [-0.39, 0.29) is 12.4 Å². The summed E-state index contributed by atoms with van der Waals surface area (Å²) in [4.78, 5) is 0. The number of ether oxygens (including phenoxy) is 1. The summed E-state index contributed by atoms with van der Waals surface area (Å²) in [5.41, 5.74) is 0. The van der Waals surface area contributed by atoms with E-state index in [0.717, 1.165) is 0 Å². The van der Waals surface area contributed by atoms with Crippen LogP contribution in [0.2, 0.25) is 0 Å². The number of sulfonamides is 1. The zero-order chi connectivity index (χ0) is 9.61. The van der Waals surface area contributed by atoms with E-state index in [9.17, 15) is 8.42 Å². The molecule has 0 aromatic heterocycles. The Kier molecular flexibility index (Phi) is 4.90. The molecule has 0 amide bonds. The molecule has 70 valence electrons. The monoisotopic (exact) mass is 191 g/mol. The van der Waals surface area contributed by atoms with Crippen molar-refractivity contribution in [2.75, 3.05) is 19.5 Å². The van der Waals surface area contributed by atoms with E-state index >= 15 is 0 Å². The second kappa shape index (κ2) is 5.14. The highest BCUT2D eigenvalue weighted by atomic mass is 32.2. The van der Waals surface area contributed by atoms with Gasteiger partial charge in [-0.1, -0.05) is 5.92 Å². The average Bonchev–Trinajstić information content (AvgIpc) is 2.00. The summed E-state index contributed by atoms with van der Waals surface area (Å²) in [6.07, 6.45) is 5.00. The summed E-state index contributed by atoms with van der Waals surface area (Å²) >= 11 is 0. The van der Waals surface area contributed by atoms with Gasteiger partial charge in [-0.25, -0.2) is 13.1 Å². The molecule has 0 spiro atoms. The molecule has 0 aliphatic rings. The van der Waals surface area contributed by atoms with Crippen LogP contribution in [0.4, 0.5) is 0 Å². The van der Waals surface area contributed by atoms with Crippen LogP contribution < -0.4 is 4.72 Å². The van der Waals surface area contributed by atoms with Gasteiger partial charge in [-0.05, 0) is 6.92 Å². The Labute approximate surface area is 73.4 Å². The molecule has 0 rings (SSSR count). The van der Waals surface area contributed by atoms with Gasteiger partial charge < -0.3 is 4.74 Å². The van der Waals surface area contributed by atoms with Crippen LogP contribution in [0, 0.1) is 12.3 Å². The fourth-order valence-corrected chi connectivity index (χ4v) is 1.67. The maximum absolute atomic E-state index is 11.1. The molecule has 0 aromatic rings. The van der Waals surface area contributed by atoms with Crippen molar-refractivity contribution in [1.82, 2.24) is 4.72 Å². The second-order valence-corrected chi connectivity index (χ2v) is 4.19. The summed E-state index contributed by atoms with van der Waals surface area (Å²) < 4.78 is 29.1. The van der Waals surface area contributed by atoms with E-state index < -0.39 is 16.1 Å². The largest absolute Gasteiger partial charge is 0.384 e. The minimum Gasteiger partial charge on any atom is -0.384 e. The van der Waals surface area contributed by atoms with Crippen molar-refractivity contribution in [1.29, 1.82) is 0 Å². The van der Waals surface area contributed by atoms with Crippen LogP contribution in [-0.4, -0.2) is 33.9 Å². The van der Waals surface area contributed by atoms with Crippen molar-refractivity contribution < 1.29 is 13.2 Å². The lowest BCUT2D eigenvalue weighted by Gasteiger charge is -2.07. The molecule has 0 aliphatic carbocycles. The summed E-state index contributed by atoms with van der Waals surface area (Å²) in [6.45, 7) is 1.77. The molecule has 5 heteroatoms. The molecule has 0 heterocycles. The maximum Gasteiger partial charge on any atom is 0.214 e. The Morgan fingerprint density at radius 1 is 1.67 bits per heavy atom. The van der Waals surface area contributed by atoms with Crippen molar-refractivity contribution in [3.63, 3.8) is 0 Å². The van der Waals surface area contributed by atoms with Gasteiger partial charge in [-0.3, -0.25) is 0 Å². The van der Waals surface area contributed by atoms with Crippen molar-refractivity contribution in [3.8, 4) is 12.3 Å². The minimum absolute atomic E-state index is 0.0600. The normalized spacial score (nSPS) is 13.8. The average molecular weight is 191 g/mol. The molecule has 0 aliphatic heterocycles. The van der Waals surface area contributed by atoms with Gasteiger partial charge in [0.15, 0.2) is 0 Å². The highest BCUT2D eigenvalue weighted by molar-refractivity contribution is 7.89. The van der Waals surface area contributed by atoms with Gasteiger partial charge in [-0.15, -0.1) is 6.42 Å². The molecule has 4 nitrogen and oxygen atoms in total. The Bertz CT molecular complexity index is 252. The first-order valence-corrected chi connectivity index (χ1v) is 5.12. The van der Waals surface area contributed by atoms with Gasteiger partial charge in [0.05, 0.1) is 18.4 Å². The molecule has 1 atom stereocenters. The van der Waals surface area contributed by atoms with Gasteiger partial charge in [0, 0.05) is 7.11 Å². The highest BCUT2D eigenvalue weighted by Gasteiger charge is 2.11. The zero-order valence-electron chi connectivity index (χ0n) is 7.20. The Hall–Kier alpha value is -0.570. The predicted molar refractivity (Wildman–Crippen MR) is 47.1 cm³/mol. The summed E-state index contributed by atoms with van der Waals surface area (Å²) in [7, 11) is -1.83. The van der Waals surface area contributed by atoms with Gasteiger partial charge >= 0.3 is 0 Å². The van der Waals surface area contributed by atoms with Crippen LogP contribution in [0.5, 0.6) is 0 Å². The topological polar surface area (TPSA) is 55.4 Å². The molecule has 0 aromatic carbocycles. The quantitative estimate of drug-likeness (QED) is 0.600. The van der Waals surface area contributed by atoms with Gasteiger partial charge in [0.2, 0.25) is 10.0 Å². The van der Waals surface area contributed by atoms with Crippen LogP contribution in [-0.2, 0) is 14.8 Å². The lowest BCUT2D eigenvalue weighted by atomic mass is 10.4. The molecule has 0 radical (unpaired) electrons. The fourth-order valence-electron chi connectivity index (χ4n) is 0.555. The molecule has 1 unspecified atom stereocenters. The SMILES string of the molecule is C#CC(C)NS(=O)(=O)CCOC. The van der Waals surface area contributed by atoms with E-state index in [0.29, 0.717) is 0 Å². The molecule has 0 saturated heterocycles. The number of rotatable bonds is 5. The number of hydrogen-bond acceptors (Lipinski definition) is 3. The molecular weight excluding hydrogens is 178 g/mol. The van der Waals surface area contributed by atoms with Crippen LogP contribution in [0.25, 0.3) is 0 Å². The zero-order valence-corrected chi connectivity index (χ0v) is 8.02. The van der Waals surface area contributed by atoms with Gasteiger partial charge in [0.1, 0.15) is 0 Å². The van der Waals surface area contributed by atoms with Gasteiger partial charge in [-0.2, -0.15) is 0 Å². The van der Waals surface area contributed by atoms with Crippen LogP contribution in [0.15, 0.2) is 0 Å². The Morgan fingerprint density at radius 3 is 2.67 bits per heavy atom. The second-order valence-electron chi connectivity index (χ2n) is 2.32. The minimum atomic E-state index is -3.27. The first kappa shape index (κ1) is 11.4. The highest BCUT2D eigenvalue weighted by Crippen LogP contribution is 1.88. The van der Waals surface area contributed by atoms with E-state index in [1.165, 1.54) is 7.11 Å². The Balaban J connectivity index is 3.99. The molecule has 1 N–H and O–H groups in total. The first-order chi connectivity index (χ1) is 5.52. The van der Waals surface area contributed by atoms with Crippen molar-refractivity contribution in [3.05, 3.63) is 0 Å². The smallest absolute Gasteiger partial charge is 0.214 e. The lowest BCUT2D eigenvalue weighted by molar-refractivity contribution is 0.217. The molecule has 0 saturated carbocycles. The van der Waals surface area contributed by atoms with Crippen molar-refractivity contribution >= 4 is 10.0 Å². The third-order valence-electron chi connectivity index (χ3n) is 1.16. The molecular formula is C7H13NO3S. The first-order valence-electron chi connectivity index (χ1n) is 3.47. The summed E-state index contributed by atoms with van der Waals surface area (Å²) in [5.74, 6) is 2.21. The van der Waals surface area contributed by atoms with E-state index in [1.807, 2.05) is 0 Å². The number of methoxy groups -OCH3 is 1.